The molecule has 5 rings (SSSR count). The highest BCUT2D eigenvalue weighted by Gasteiger charge is 2.39. The molecule has 1 fully saturated rings. The number of halogens is 2. The molecule has 1 aliphatic heterocycles. The van der Waals surface area contributed by atoms with Crippen molar-refractivity contribution in [3.63, 3.8) is 0 Å². The predicted octanol–water partition coefficient (Wildman–Crippen LogP) is 4.80. The van der Waals surface area contributed by atoms with E-state index in [9.17, 15) is 13.6 Å². The molecule has 2 aromatic heterocycles. The van der Waals surface area contributed by atoms with Gasteiger partial charge in [0.25, 0.3) is 5.91 Å². The first-order chi connectivity index (χ1) is 18.4. The highest BCUT2D eigenvalue weighted by Crippen LogP contribution is 2.32. The second-order valence-electron chi connectivity index (χ2n) is 8.97. The number of benzene rings is 2. The van der Waals surface area contributed by atoms with Crippen molar-refractivity contribution in [1.82, 2.24) is 25.2 Å². The van der Waals surface area contributed by atoms with Gasteiger partial charge < -0.3 is 16.0 Å². The van der Waals surface area contributed by atoms with Crippen molar-refractivity contribution in [3.8, 4) is 11.3 Å². The maximum atomic E-state index is 14.9. The van der Waals surface area contributed by atoms with Crippen LogP contribution in [0.25, 0.3) is 11.3 Å². The van der Waals surface area contributed by atoms with Gasteiger partial charge in [-0.25, -0.2) is 14.9 Å². The van der Waals surface area contributed by atoms with E-state index in [0.717, 1.165) is 27.4 Å². The zero-order valence-corrected chi connectivity index (χ0v) is 20.8. The topological polar surface area (TPSA) is 95.1 Å². The van der Waals surface area contributed by atoms with E-state index in [-0.39, 0.29) is 24.2 Å². The second-order valence-corrected chi connectivity index (χ2v) is 8.97. The SMILES string of the molecule is Cc1ccc(NC(=O)c2ccc(C(F)(F)N3CCNCC3)cc2)cc1Nc1nccc(-c2cccnc2)n1. The van der Waals surface area contributed by atoms with Crippen LogP contribution in [0, 0.1) is 6.92 Å². The third kappa shape index (κ3) is 5.66. The van der Waals surface area contributed by atoms with E-state index in [1.165, 1.54) is 24.3 Å². The number of hydrogen-bond acceptors (Lipinski definition) is 7. The van der Waals surface area contributed by atoms with Crippen LogP contribution in [0.15, 0.2) is 79.3 Å². The summed E-state index contributed by atoms with van der Waals surface area (Å²) in [4.78, 5) is 27.0. The van der Waals surface area contributed by atoms with Crippen molar-refractivity contribution in [1.29, 1.82) is 0 Å². The van der Waals surface area contributed by atoms with Gasteiger partial charge in [-0.2, -0.15) is 8.78 Å². The van der Waals surface area contributed by atoms with Crippen molar-refractivity contribution in [2.24, 2.45) is 0 Å². The molecule has 0 spiro atoms. The Bertz CT molecular complexity index is 1410. The Hall–Kier alpha value is -4.28. The smallest absolute Gasteiger partial charge is 0.324 e. The van der Waals surface area contributed by atoms with Gasteiger partial charge in [-0.3, -0.25) is 9.78 Å². The van der Waals surface area contributed by atoms with Crippen LogP contribution in [0.2, 0.25) is 0 Å². The Morgan fingerprint density at radius 3 is 2.55 bits per heavy atom. The molecule has 1 amide bonds. The van der Waals surface area contributed by atoms with Crippen LogP contribution in [0.3, 0.4) is 0 Å². The first-order valence-electron chi connectivity index (χ1n) is 12.3. The van der Waals surface area contributed by atoms with Gasteiger partial charge in [0.2, 0.25) is 5.95 Å². The summed E-state index contributed by atoms with van der Waals surface area (Å²) in [5, 5.41) is 9.11. The third-order valence-corrected chi connectivity index (χ3v) is 6.36. The molecule has 3 heterocycles. The van der Waals surface area contributed by atoms with E-state index in [1.807, 2.05) is 25.1 Å². The molecule has 4 aromatic rings. The van der Waals surface area contributed by atoms with E-state index in [1.54, 1.807) is 36.8 Å². The molecule has 3 N–H and O–H groups in total. The lowest BCUT2D eigenvalue weighted by atomic mass is 10.1. The van der Waals surface area contributed by atoms with E-state index >= 15 is 0 Å². The van der Waals surface area contributed by atoms with Gasteiger partial charge in [0.1, 0.15) is 0 Å². The molecule has 8 nitrogen and oxygen atoms in total. The fraction of sp³-hybridized carbons (Fsp3) is 0.214. The summed E-state index contributed by atoms with van der Waals surface area (Å²) in [6.07, 6.45) is 5.09. The lowest BCUT2D eigenvalue weighted by molar-refractivity contribution is -0.158. The fourth-order valence-electron chi connectivity index (χ4n) is 4.20. The van der Waals surface area contributed by atoms with Crippen LogP contribution >= 0.6 is 0 Å². The molecule has 1 aliphatic rings. The molecular formula is C28H27F2N7O. The van der Waals surface area contributed by atoms with Gasteiger partial charge in [-0.1, -0.05) is 18.2 Å². The maximum Gasteiger partial charge on any atom is 0.331 e. The normalized spacial score (nSPS) is 14.2. The standard InChI is InChI=1S/C28H27F2N7O/c1-19-4-9-23(17-25(19)36-27-33-12-10-24(35-27)21-3-2-11-32-18-21)34-26(38)20-5-7-22(8-6-20)28(29,30)37-15-13-31-14-16-37/h2-12,17-18,31H,13-16H2,1H3,(H,34,38)(H,33,35,36). The molecule has 2 aromatic carbocycles. The average molecular weight is 516 g/mol. The third-order valence-electron chi connectivity index (χ3n) is 6.36. The Labute approximate surface area is 219 Å². The van der Waals surface area contributed by atoms with Gasteiger partial charge in [-0.05, 0) is 55.0 Å². The van der Waals surface area contributed by atoms with E-state index < -0.39 is 12.0 Å². The molecule has 10 heteroatoms. The zero-order valence-electron chi connectivity index (χ0n) is 20.8. The highest BCUT2D eigenvalue weighted by molar-refractivity contribution is 6.04. The quantitative estimate of drug-likeness (QED) is 0.305. The number of nitrogens with one attached hydrogen (secondary N) is 3. The molecular weight excluding hydrogens is 488 g/mol. The van der Waals surface area contributed by atoms with E-state index in [2.05, 4.69) is 30.9 Å². The Morgan fingerprint density at radius 2 is 1.82 bits per heavy atom. The van der Waals surface area contributed by atoms with Crippen molar-refractivity contribution >= 4 is 23.2 Å². The molecule has 0 radical (unpaired) electrons. The molecule has 0 saturated carbocycles. The minimum absolute atomic E-state index is 0.133. The average Bonchev–Trinajstić information content (AvgIpc) is 2.96. The summed E-state index contributed by atoms with van der Waals surface area (Å²) in [5.74, 6) is 0.00519. The van der Waals surface area contributed by atoms with Gasteiger partial charge in [0, 0.05) is 72.8 Å². The minimum atomic E-state index is -3.09. The van der Waals surface area contributed by atoms with Crippen LogP contribution in [-0.4, -0.2) is 51.9 Å². The molecule has 0 aliphatic carbocycles. The maximum absolute atomic E-state index is 14.9. The van der Waals surface area contributed by atoms with Gasteiger partial charge in [0.05, 0.1) is 5.69 Å². The summed E-state index contributed by atoms with van der Waals surface area (Å²) in [7, 11) is 0. The summed E-state index contributed by atoms with van der Waals surface area (Å²) >= 11 is 0. The van der Waals surface area contributed by atoms with Crippen LogP contribution in [0.4, 0.5) is 26.1 Å². The van der Waals surface area contributed by atoms with Crippen LogP contribution < -0.4 is 16.0 Å². The van der Waals surface area contributed by atoms with Crippen molar-refractivity contribution in [2.75, 3.05) is 36.8 Å². The Balaban J connectivity index is 1.28. The number of carbonyl (C=O) groups excluding carboxylic acids is 1. The fourth-order valence-corrected chi connectivity index (χ4v) is 4.20. The number of anilines is 3. The number of nitrogens with zero attached hydrogens (tertiary/aromatic N) is 4. The highest BCUT2D eigenvalue weighted by atomic mass is 19.3. The molecule has 1 saturated heterocycles. The lowest BCUT2D eigenvalue weighted by Crippen LogP contribution is -2.50. The minimum Gasteiger partial charge on any atom is -0.324 e. The van der Waals surface area contributed by atoms with Crippen molar-refractivity contribution < 1.29 is 13.6 Å². The number of carbonyl (C=O) groups is 1. The molecule has 194 valence electrons. The predicted molar refractivity (Wildman–Crippen MR) is 142 cm³/mol. The molecule has 38 heavy (non-hydrogen) atoms. The van der Waals surface area contributed by atoms with Gasteiger partial charge >= 0.3 is 6.05 Å². The summed E-state index contributed by atoms with van der Waals surface area (Å²) < 4.78 is 29.8. The number of aromatic nitrogens is 3. The Morgan fingerprint density at radius 1 is 1.03 bits per heavy atom. The first-order valence-corrected chi connectivity index (χ1v) is 12.3. The number of aryl methyl sites for hydroxylation is 1. The molecule has 0 atom stereocenters. The second kappa shape index (κ2) is 11.0. The lowest BCUT2D eigenvalue weighted by Gasteiger charge is -2.34. The summed E-state index contributed by atoms with van der Waals surface area (Å²) in [6, 6.07) is 13.3. The Kier molecular flexibility index (Phi) is 7.34. The van der Waals surface area contributed by atoms with Crippen LogP contribution in [0.5, 0.6) is 0 Å². The number of alkyl halides is 2. The number of hydrogen-bond donors (Lipinski definition) is 3. The van der Waals surface area contributed by atoms with E-state index in [0.29, 0.717) is 24.7 Å². The largest absolute Gasteiger partial charge is 0.331 e. The van der Waals surface area contributed by atoms with Crippen molar-refractivity contribution in [3.05, 3.63) is 95.9 Å². The number of pyridine rings is 1. The van der Waals surface area contributed by atoms with Crippen molar-refractivity contribution in [2.45, 2.75) is 13.0 Å². The summed E-state index contributed by atoms with van der Waals surface area (Å²) in [6.45, 7) is 3.49. The molecule has 0 bridgehead atoms. The number of piperazine rings is 1. The zero-order chi connectivity index (χ0) is 26.5. The monoisotopic (exact) mass is 515 g/mol. The number of rotatable bonds is 7. The van der Waals surface area contributed by atoms with E-state index in [4.69, 9.17) is 0 Å². The number of amides is 1. The molecule has 0 unspecified atom stereocenters. The van der Waals surface area contributed by atoms with Crippen LogP contribution in [0.1, 0.15) is 21.5 Å². The van der Waals surface area contributed by atoms with Gasteiger partial charge in [0.15, 0.2) is 0 Å². The first kappa shape index (κ1) is 25.4. The van der Waals surface area contributed by atoms with Gasteiger partial charge in [-0.15, -0.1) is 0 Å². The summed E-state index contributed by atoms with van der Waals surface area (Å²) in [5.41, 5.74) is 3.94. The van der Waals surface area contributed by atoms with Crippen LogP contribution in [-0.2, 0) is 6.05 Å².